The number of carbonyl (C=O) groups excluding carboxylic acids is 3. The maximum Gasteiger partial charge on any atom is 0.264 e. The van der Waals surface area contributed by atoms with Gasteiger partial charge in [0.2, 0.25) is 11.8 Å². The SMILES string of the molecule is Cc1cc(NC(=O)C(C)(C)C)sc1C(=O)N1CCN(CC(=O)Nc2ccc(F)cc2)CC1. The molecule has 0 saturated carbocycles. The second-order valence-corrected chi connectivity index (χ2v) is 10.0. The number of aryl methyl sites for hydroxylation is 1. The number of carbonyl (C=O) groups is 3. The normalized spacial score (nSPS) is 14.8. The van der Waals surface area contributed by atoms with Crippen LogP contribution in [0, 0.1) is 18.2 Å². The van der Waals surface area contributed by atoms with Crippen LogP contribution >= 0.6 is 11.3 Å². The number of amides is 3. The number of hydrogen-bond acceptors (Lipinski definition) is 5. The lowest BCUT2D eigenvalue weighted by molar-refractivity contribution is -0.123. The first-order valence-electron chi connectivity index (χ1n) is 10.5. The molecule has 1 aromatic carbocycles. The van der Waals surface area contributed by atoms with Crippen LogP contribution in [0.1, 0.15) is 36.0 Å². The maximum absolute atomic E-state index is 13.0. The van der Waals surface area contributed by atoms with Gasteiger partial charge >= 0.3 is 0 Å². The molecule has 3 amide bonds. The Labute approximate surface area is 191 Å². The smallest absolute Gasteiger partial charge is 0.264 e. The number of piperazine rings is 1. The molecule has 172 valence electrons. The average Bonchev–Trinajstić information content (AvgIpc) is 3.09. The predicted molar refractivity (Wildman–Crippen MR) is 125 cm³/mol. The molecule has 0 aliphatic carbocycles. The average molecular weight is 461 g/mol. The van der Waals surface area contributed by atoms with Crippen LogP contribution in [0.15, 0.2) is 30.3 Å². The minimum atomic E-state index is -0.513. The minimum absolute atomic E-state index is 0.0563. The molecule has 0 atom stereocenters. The fraction of sp³-hybridized carbons (Fsp3) is 0.435. The quantitative estimate of drug-likeness (QED) is 0.715. The van der Waals surface area contributed by atoms with Crippen molar-refractivity contribution >= 4 is 39.7 Å². The summed E-state index contributed by atoms with van der Waals surface area (Å²) in [7, 11) is 0. The van der Waals surface area contributed by atoms with Crippen molar-refractivity contribution in [1.29, 1.82) is 0 Å². The highest BCUT2D eigenvalue weighted by Crippen LogP contribution is 2.29. The van der Waals surface area contributed by atoms with Crippen LogP contribution in [0.25, 0.3) is 0 Å². The van der Waals surface area contributed by atoms with Gasteiger partial charge in [0.25, 0.3) is 5.91 Å². The van der Waals surface area contributed by atoms with Gasteiger partial charge in [-0.25, -0.2) is 4.39 Å². The van der Waals surface area contributed by atoms with Crippen LogP contribution in [-0.2, 0) is 9.59 Å². The largest absolute Gasteiger partial charge is 0.335 e. The summed E-state index contributed by atoms with van der Waals surface area (Å²) >= 11 is 1.29. The van der Waals surface area contributed by atoms with Gasteiger partial charge < -0.3 is 15.5 Å². The molecule has 2 heterocycles. The summed E-state index contributed by atoms with van der Waals surface area (Å²) in [4.78, 5) is 41.9. The number of nitrogens with zero attached hydrogens (tertiary/aromatic N) is 2. The second kappa shape index (κ2) is 9.79. The van der Waals surface area contributed by atoms with E-state index in [-0.39, 0.29) is 30.1 Å². The van der Waals surface area contributed by atoms with E-state index in [1.807, 2.05) is 38.7 Å². The Hall–Kier alpha value is -2.78. The highest BCUT2D eigenvalue weighted by atomic mass is 32.1. The van der Waals surface area contributed by atoms with Crippen LogP contribution in [0.2, 0.25) is 0 Å². The van der Waals surface area contributed by atoms with Gasteiger partial charge in [0, 0.05) is 37.3 Å². The summed E-state index contributed by atoms with van der Waals surface area (Å²) in [6, 6.07) is 7.47. The molecule has 1 fully saturated rings. The molecular weight excluding hydrogens is 431 g/mol. The number of hydrogen-bond donors (Lipinski definition) is 2. The molecule has 0 bridgehead atoms. The number of thiophene rings is 1. The van der Waals surface area contributed by atoms with E-state index in [1.54, 1.807) is 4.90 Å². The van der Waals surface area contributed by atoms with Gasteiger partial charge in [0.05, 0.1) is 16.4 Å². The molecule has 1 saturated heterocycles. The van der Waals surface area contributed by atoms with Crippen LogP contribution < -0.4 is 10.6 Å². The topological polar surface area (TPSA) is 81.8 Å². The van der Waals surface area contributed by atoms with Crippen molar-refractivity contribution in [1.82, 2.24) is 9.80 Å². The fourth-order valence-electron chi connectivity index (χ4n) is 3.24. The Morgan fingerprint density at radius 3 is 2.25 bits per heavy atom. The lowest BCUT2D eigenvalue weighted by atomic mass is 9.96. The molecule has 1 aromatic heterocycles. The van der Waals surface area contributed by atoms with E-state index in [1.165, 1.54) is 35.6 Å². The Kier molecular flexibility index (Phi) is 7.30. The van der Waals surface area contributed by atoms with Crippen LogP contribution in [0.3, 0.4) is 0 Å². The number of benzene rings is 1. The molecule has 0 radical (unpaired) electrons. The van der Waals surface area contributed by atoms with Gasteiger partial charge in [-0.15, -0.1) is 11.3 Å². The van der Waals surface area contributed by atoms with Crippen LogP contribution in [0.4, 0.5) is 15.1 Å². The standard InChI is InChI=1S/C23H29FN4O3S/c1-15-13-19(26-22(31)23(2,3)4)32-20(15)21(30)28-11-9-27(10-12-28)14-18(29)25-17-7-5-16(24)6-8-17/h5-8,13H,9-12,14H2,1-4H3,(H,25,29)(H,26,31). The van der Waals surface area contributed by atoms with Crippen molar-refractivity contribution in [3.63, 3.8) is 0 Å². The van der Waals surface area contributed by atoms with Crippen molar-refractivity contribution in [2.24, 2.45) is 5.41 Å². The third-order valence-electron chi connectivity index (χ3n) is 5.18. The van der Waals surface area contributed by atoms with E-state index < -0.39 is 5.41 Å². The highest BCUT2D eigenvalue weighted by Gasteiger charge is 2.27. The highest BCUT2D eigenvalue weighted by molar-refractivity contribution is 7.18. The summed E-state index contributed by atoms with van der Waals surface area (Å²) in [5.41, 5.74) is 0.875. The van der Waals surface area contributed by atoms with Crippen LogP contribution in [-0.4, -0.2) is 60.2 Å². The Morgan fingerprint density at radius 1 is 1.03 bits per heavy atom. The molecule has 2 N–H and O–H groups in total. The van der Waals surface area contributed by atoms with E-state index in [2.05, 4.69) is 10.6 Å². The zero-order valence-electron chi connectivity index (χ0n) is 18.8. The summed E-state index contributed by atoms with van der Waals surface area (Å²) in [6.45, 7) is 9.80. The van der Waals surface area contributed by atoms with Gasteiger partial charge in [-0.3, -0.25) is 19.3 Å². The first-order chi connectivity index (χ1) is 15.0. The zero-order chi connectivity index (χ0) is 23.5. The Morgan fingerprint density at radius 2 is 1.66 bits per heavy atom. The molecule has 1 aliphatic heterocycles. The van der Waals surface area contributed by atoms with Gasteiger partial charge in [0.15, 0.2) is 0 Å². The number of rotatable bonds is 5. The van der Waals surface area contributed by atoms with Crippen molar-refractivity contribution in [3.05, 3.63) is 46.6 Å². The molecule has 32 heavy (non-hydrogen) atoms. The monoisotopic (exact) mass is 460 g/mol. The summed E-state index contributed by atoms with van der Waals surface area (Å²) in [5.74, 6) is -0.678. The van der Waals surface area contributed by atoms with E-state index in [4.69, 9.17) is 0 Å². The minimum Gasteiger partial charge on any atom is -0.335 e. The fourth-order valence-corrected chi connectivity index (χ4v) is 4.28. The molecule has 0 spiro atoms. The second-order valence-electron chi connectivity index (χ2n) is 8.95. The van der Waals surface area contributed by atoms with Crippen molar-refractivity contribution in [2.45, 2.75) is 27.7 Å². The third kappa shape index (κ3) is 6.14. The van der Waals surface area contributed by atoms with Crippen molar-refractivity contribution < 1.29 is 18.8 Å². The number of anilines is 2. The number of halogens is 1. The number of nitrogens with one attached hydrogen (secondary N) is 2. The molecule has 1 aliphatic rings. The lowest BCUT2D eigenvalue weighted by Gasteiger charge is -2.34. The Balaban J connectivity index is 1.51. The summed E-state index contributed by atoms with van der Waals surface area (Å²) < 4.78 is 13.0. The molecule has 2 aromatic rings. The molecular formula is C23H29FN4O3S. The van der Waals surface area contributed by atoms with E-state index in [0.29, 0.717) is 41.7 Å². The summed E-state index contributed by atoms with van der Waals surface area (Å²) in [5, 5.41) is 6.31. The first-order valence-corrected chi connectivity index (χ1v) is 11.3. The Bertz CT molecular complexity index is 990. The van der Waals surface area contributed by atoms with Crippen molar-refractivity contribution in [2.75, 3.05) is 43.4 Å². The first kappa shape index (κ1) is 23.9. The van der Waals surface area contributed by atoms with Gasteiger partial charge in [-0.05, 0) is 42.8 Å². The van der Waals surface area contributed by atoms with Gasteiger partial charge in [-0.2, -0.15) is 0 Å². The third-order valence-corrected chi connectivity index (χ3v) is 6.33. The maximum atomic E-state index is 13.0. The van der Waals surface area contributed by atoms with E-state index in [9.17, 15) is 18.8 Å². The molecule has 9 heteroatoms. The lowest BCUT2D eigenvalue weighted by Crippen LogP contribution is -2.50. The van der Waals surface area contributed by atoms with Crippen molar-refractivity contribution in [3.8, 4) is 0 Å². The van der Waals surface area contributed by atoms with E-state index >= 15 is 0 Å². The summed E-state index contributed by atoms with van der Waals surface area (Å²) in [6.07, 6.45) is 0. The van der Waals surface area contributed by atoms with E-state index in [0.717, 1.165) is 5.56 Å². The van der Waals surface area contributed by atoms with Crippen LogP contribution in [0.5, 0.6) is 0 Å². The molecule has 7 nitrogen and oxygen atoms in total. The molecule has 3 rings (SSSR count). The molecule has 0 unspecified atom stereocenters. The zero-order valence-corrected chi connectivity index (χ0v) is 19.6. The van der Waals surface area contributed by atoms with Gasteiger partial charge in [0.1, 0.15) is 5.82 Å². The van der Waals surface area contributed by atoms with Gasteiger partial charge in [-0.1, -0.05) is 20.8 Å². The predicted octanol–water partition coefficient (Wildman–Crippen LogP) is 3.58.